The van der Waals surface area contributed by atoms with E-state index < -0.39 is 11.6 Å². The number of imide groups is 1. The molecule has 29 heavy (non-hydrogen) atoms. The number of rotatable bonds is 5. The monoisotopic (exact) mass is 407 g/mol. The van der Waals surface area contributed by atoms with E-state index in [1.54, 1.807) is 38.3 Å². The number of amides is 3. The molecule has 6 nitrogen and oxygen atoms in total. The van der Waals surface area contributed by atoms with E-state index in [0.717, 1.165) is 21.1 Å². The fourth-order valence-corrected chi connectivity index (χ4v) is 4.44. The van der Waals surface area contributed by atoms with Crippen LogP contribution in [0.1, 0.15) is 23.1 Å². The van der Waals surface area contributed by atoms with Crippen LogP contribution in [0, 0.1) is 6.92 Å². The number of hydrogen-bond donors (Lipinski definition) is 1. The smallest absolute Gasteiger partial charge is 0.325 e. The van der Waals surface area contributed by atoms with Gasteiger partial charge in [0.25, 0.3) is 5.91 Å². The van der Waals surface area contributed by atoms with Crippen molar-refractivity contribution in [2.75, 3.05) is 7.11 Å². The number of nitrogens with one attached hydrogen (secondary N) is 1. The lowest BCUT2D eigenvalue weighted by molar-refractivity contribution is -0.131. The van der Waals surface area contributed by atoms with Gasteiger partial charge in [-0.1, -0.05) is 42.5 Å². The van der Waals surface area contributed by atoms with Crippen LogP contribution in [0.5, 0.6) is 5.75 Å². The number of ether oxygens (including phenoxy) is 1. The lowest BCUT2D eigenvalue weighted by Gasteiger charge is -2.22. The number of aromatic nitrogens is 1. The quantitative estimate of drug-likeness (QED) is 0.647. The fraction of sp³-hybridized carbons (Fsp3) is 0.227. The van der Waals surface area contributed by atoms with Gasteiger partial charge in [-0.15, -0.1) is 11.3 Å². The number of benzene rings is 2. The molecule has 1 unspecified atom stereocenters. The molecule has 1 saturated heterocycles. The third kappa shape index (κ3) is 3.38. The van der Waals surface area contributed by atoms with Gasteiger partial charge in [-0.05, 0) is 31.5 Å². The predicted molar refractivity (Wildman–Crippen MR) is 112 cm³/mol. The van der Waals surface area contributed by atoms with E-state index in [4.69, 9.17) is 4.74 Å². The number of urea groups is 1. The topological polar surface area (TPSA) is 71.5 Å². The van der Waals surface area contributed by atoms with E-state index >= 15 is 0 Å². The van der Waals surface area contributed by atoms with Crippen molar-refractivity contribution < 1.29 is 14.3 Å². The summed E-state index contributed by atoms with van der Waals surface area (Å²) in [6.45, 7) is 3.83. The van der Waals surface area contributed by atoms with Gasteiger partial charge in [0.15, 0.2) is 0 Å². The Kier molecular flexibility index (Phi) is 4.84. The normalized spacial score (nSPS) is 18.8. The van der Waals surface area contributed by atoms with Crippen molar-refractivity contribution in [1.82, 2.24) is 15.2 Å². The molecule has 0 aliphatic carbocycles. The number of carbonyl (C=O) groups excluding carboxylic acids is 2. The van der Waals surface area contributed by atoms with Gasteiger partial charge in [-0.3, -0.25) is 9.69 Å². The van der Waals surface area contributed by atoms with E-state index in [-0.39, 0.29) is 12.5 Å². The van der Waals surface area contributed by atoms with E-state index in [1.807, 2.05) is 37.3 Å². The first-order chi connectivity index (χ1) is 13.9. The molecule has 3 aromatic rings. The molecule has 0 saturated carbocycles. The van der Waals surface area contributed by atoms with Crippen molar-refractivity contribution in [1.29, 1.82) is 0 Å². The lowest BCUT2D eigenvalue weighted by atomic mass is 9.92. The molecule has 1 atom stereocenters. The Morgan fingerprint density at radius 1 is 1.10 bits per heavy atom. The minimum atomic E-state index is -1.11. The van der Waals surface area contributed by atoms with E-state index in [0.29, 0.717) is 11.3 Å². The third-order valence-electron chi connectivity index (χ3n) is 5.16. The molecule has 3 amide bonds. The van der Waals surface area contributed by atoms with Crippen molar-refractivity contribution >= 4 is 23.3 Å². The molecule has 1 aromatic heterocycles. The molecule has 2 aromatic carbocycles. The van der Waals surface area contributed by atoms with Crippen molar-refractivity contribution in [2.24, 2.45) is 0 Å². The minimum absolute atomic E-state index is 0.201. The molecule has 0 bridgehead atoms. The largest absolute Gasteiger partial charge is 0.497 e. The van der Waals surface area contributed by atoms with Gasteiger partial charge >= 0.3 is 6.03 Å². The highest BCUT2D eigenvalue weighted by Crippen LogP contribution is 2.33. The highest BCUT2D eigenvalue weighted by molar-refractivity contribution is 7.15. The Bertz CT molecular complexity index is 1060. The molecule has 0 spiro atoms. The van der Waals surface area contributed by atoms with Gasteiger partial charge in [-0.25, -0.2) is 9.78 Å². The second kappa shape index (κ2) is 7.33. The number of nitrogens with zero attached hydrogens (tertiary/aromatic N) is 2. The molecule has 4 rings (SSSR count). The summed E-state index contributed by atoms with van der Waals surface area (Å²) in [6, 6.07) is 16.6. The zero-order valence-corrected chi connectivity index (χ0v) is 17.2. The van der Waals surface area contributed by atoms with Crippen LogP contribution in [0.25, 0.3) is 10.6 Å². The summed E-state index contributed by atoms with van der Waals surface area (Å²) >= 11 is 1.50. The number of carbonyl (C=O) groups is 2. The maximum Gasteiger partial charge on any atom is 0.325 e. The summed E-state index contributed by atoms with van der Waals surface area (Å²) in [5.41, 5.74) is 1.45. The molecule has 2 heterocycles. The summed E-state index contributed by atoms with van der Waals surface area (Å²) in [5, 5.41) is 3.72. The van der Waals surface area contributed by atoms with Gasteiger partial charge in [0, 0.05) is 10.4 Å². The highest BCUT2D eigenvalue weighted by atomic mass is 32.1. The first-order valence-electron chi connectivity index (χ1n) is 9.23. The Balaban J connectivity index is 1.59. The van der Waals surface area contributed by atoms with E-state index in [1.165, 1.54) is 16.2 Å². The zero-order valence-electron chi connectivity index (χ0n) is 16.4. The summed E-state index contributed by atoms with van der Waals surface area (Å²) in [5.74, 6) is 0.418. The van der Waals surface area contributed by atoms with Gasteiger partial charge in [-0.2, -0.15) is 0 Å². The zero-order chi connectivity index (χ0) is 20.6. The van der Waals surface area contributed by atoms with Crippen LogP contribution in [0.2, 0.25) is 0 Å². The van der Waals surface area contributed by atoms with Crippen molar-refractivity contribution in [3.05, 3.63) is 70.7 Å². The first-order valence-corrected chi connectivity index (χ1v) is 10.0. The Morgan fingerprint density at radius 2 is 1.79 bits per heavy atom. The number of thiazole rings is 1. The molecular formula is C22H21N3O3S. The summed E-state index contributed by atoms with van der Waals surface area (Å²) < 4.78 is 5.18. The SMILES string of the molecule is COc1ccc(C2(C)NC(=O)N(Cc3sc(-c4ccccc4)nc3C)C2=O)cc1. The number of methoxy groups -OCH3 is 1. The molecular weight excluding hydrogens is 386 g/mol. The molecule has 1 aliphatic heterocycles. The maximum absolute atomic E-state index is 13.2. The Labute approximate surface area is 173 Å². The average molecular weight is 407 g/mol. The van der Waals surface area contributed by atoms with Crippen molar-refractivity contribution in [3.8, 4) is 16.3 Å². The van der Waals surface area contributed by atoms with E-state index in [2.05, 4.69) is 10.3 Å². The summed E-state index contributed by atoms with van der Waals surface area (Å²) in [6.07, 6.45) is 0. The lowest BCUT2D eigenvalue weighted by Crippen LogP contribution is -2.40. The number of aryl methyl sites for hydroxylation is 1. The van der Waals surface area contributed by atoms with Gasteiger partial charge in [0.05, 0.1) is 19.3 Å². The van der Waals surface area contributed by atoms with Crippen molar-refractivity contribution in [2.45, 2.75) is 25.9 Å². The van der Waals surface area contributed by atoms with Crippen molar-refractivity contribution in [3.63, 3.8) is 0 Å². The van der Waals surface area contributed by atoms with E-state index in [9.17, 15) is 9.59 Å². The first kappa shape index (κ1) is 19.1. The second-order valence-corrected chi connectivity index (χ2v) is 8.15. The summed E-state index contributed by atoms with van der Waals surface area (Å²) in [4.78, 5) is 32.6. The minimum Gasteiger partial charge on any atom is -0.497 e. The third-order valence-corrected chi connectivity index (χ3v) is 6.35. The van der Waals surface area contributed by atoms with Crippen LogP contribution in [-0.2, 0) is 16.9 Å². The van der Waals surface area contributed by atoms with Crippen LogP contribution in [0.4, 0.5) is 4.79 Å². The van der Waals surface area contributed by atoms with Crippen LogP contribution in [0.3, 0.4) is 0 Å². The molecule has 1 N–H and O–H groups in total. The maximum atomic E-state index is 13.2. The molecule has 1 aliphatic rings. The van der Waals surface area contributed by atoms with Gasteiger partial charge in [0.2, 0.25) is 0 Å². The molecule has 1 fully saturated rings. The number of hydrogen-bond acceptors (Lipinski definition) is 5. The second-order valence-electron chi connectivity index (χ2n) is 7.07. The van der Waals surface area contributed by atoms with Crippen LogP contribution in [0.15, 0.2) is 54.6 Å². The van der Waals surface area contributed by atoms with Crippen LogP contribution < -0.4 is 10.1 Å². The van der Waals surface area contributed by atoms with Crippen LogP contribution >= 0.6 is 11.3 Å². The predicted octanol–water partition coefficient (Wildman–Crippen LogP) is 4.09. The Hall–Kier alpha value is -3.19. The van der Waals surface area contributed by atoms with Gasteiger partial charge in [0.1, 0.15) is 16.3 Å². The van der Waals surface area contributed by atoms with Gasteiger partial charge < -0.3 is 10.1 Å². The summed E-state index contributed by atoms with van der Waals surface area (Å²) in [7, 11) is 1.59. The standard InChI is InChI=1S/C22H21N3O3S/c1-14-18(29-19(23-14)15-7-5-4-6-8-15)13-25-20(26)22(2,24-21(25)27)16-9-11-17(28-3)12-10-16/h4-12H,13H2,1-3H3,(H,24,27). The highest BCUT2D eigenvalue weighted by Gasteiger charge is 2.49. The molecule has 148 valence electrons. The average Bonchev–Trinajstić information content (AvgIpc) is 3.21. The van der Waals surface area contributed by atoms with Crippen LogP contribution in [-0.4, -0.2) is 28.9 Å². The molecule has 0 radical (unpaired) electrons. The Morgan fingerprint density at radius 3 is 2.45 bits per heavy atom. The fourth-order valence-electron chi connectivity index (χ4n) is 3.38. The molecule has 7 heteroatoms.